The zero-order chi connectivity index (χ0) is 12.0. The van der Waals surface area contributed by atoms with Crippen molar-refractivity contribution in [2.24, 2.45) is 0 Å². The van der Waals surface area contributed by atoms with Crippen LogP contribution < -0.4 is 0 Å². The summed E-state index contributed by atoms with van der Waals surface area (Å²) in [6, 6.07) is 3.30. The van der Waals surface area contributed by atoms with Crippen LogP contribution in [0.4, 0.5) is 0 Å². The zero-order valence-electron chi connectivity index (χ0n) is 9.60. The summed E-state index contributed by atoms with van der Waals surface area (Å²) in [6.07, 6.45) is 0.906. The van der Waals surface area contributed by atoms with Gasteiger partial charge in [0.25, 0.3) is 0 Å². The predicted octanol–water partition coefficient (Wildman–Crippen LogP) is 1.55. The normalized spacial score (nSPS) is 10.5. The summed E-state index contributed by atoms with van der Waals surface area (Å²) >= 11 is 0. The molecule has 16 heavy (non-hydrogen) atoms. The largest absolute Gasteiger partial charge is 0.462 e. The monoisotopic (exact) mass is 225 g/mol. The lowest BCUT2D eigenvalue weighted by molar-refractivity contribution is -0.109. The number of methoxy groups -OCH3 is 2. The first-order valence-corrected chi connectivity index (χ1v) is 4.92. The Morgan fingerprint density at radius 2 is 2.12 bits per heavy atom. The molecule has 1 aromatic heterocycles. The molecule has 88 valence electrons. The molecule has 0 radical (unpaired) electrons. The van der Waals surface area contributed by atoms with Gasteiger partial charge in [0.05, 0.1) is 12.2 Å². The van der Waals surface area contributed by atoms with Crippen LogP contribution in [0.5, 0.6) is 0 Å². The summed E-state index contributed by atoms with van der Waals surface area (Å²) in [5, 5.41) is 0. The van der Waals surface area contributed by atoms with Crippen LogP contribution in [0.1, 0.15) is 29.3 Å². The van der Waals surface area contributed by atoms with Gasteiger partial charge in [-0.2, -0.15) is 0 Å². The van der Waals surface area contributed by atoms with Crippen LogP contribution >= 0.6 is 0 Å². The number of pyridine rings is 1. The van der Waals surface area contributed by atoms with E-state index in [9.17, 15) is 4.79 Å². The third-order valence-electron chi connectivity index (χ3n) is 1.99. The van der Waals surface area contributed by atoms with Gasteiger partial charge in [0, 0.05) is 20.4 Å². The predicted molar refractivity (Wildman–Crippen MR) is 57.0 cm³/mol. The van der Waals surface area contributed by atoms with Gasteiger partial charge in [0.1, 0.15) is 5.69 Å². The highest BCUT2D eigenvalue weighted by Crippen LogP contribution is 2.19. The third kappa shape index (κ3) is 2.77. The standard InChI is InChI=1S/C11H15NO4/c1-4-16-10(13)8-6-5-7-12-9(8)11(14-2)15-3/h5-7,11H,4H2,1-3H3. The first-order chi connectivity index (χ1) is 7.74. The lowest BCUT2D eigenvalue weighted by Gasteiger charge is -2.15. The van der Waals surface area contributed by atoms with E-state index in [0.717, 1.165) is 0 Å². The quantitative estimate of drug-likeness (QED) is 0.562. The highest BCUT2D eigenvalue weighted by molar-refractivity contribution is 5.90. The van der Waals surface area contributed by atoms with Crippen molar-refractivity contribution >= 4 is 5.97 Å². The minimum atomic E-state index is -0.666. The van der Waals surface area contributed by atoms with Gasteiger partial charge in [-0.15, -0.1) is 0 Å². The second kappa shape index (κ2) is 6.19. The molecule has 0 fully saturated rings. The number of carbonyl (C=O) groups excluding carboxylic acids is 1. The number of nitrogens with zero attached hydrogens (tertiary/aromatic N) is 1. The molecule has 0 aliphatic heterocycles. The van der Waals surface area contributed by atoms with Gasteiger partial charge in [-0.3, -0.25) is 4.98 Å². The van der Waals surface area contributed by atoms with Crippen molar-refractivity contribution in [2.75, 3.05) is 20.8 Å². The number of carbonyl (C=O) groups is 1. The van der Waals surface area contributed by atoms with E-state index < -0.39 is 12.3 Å². The summed E-state index contributed by atoms with van der Waals surface area (Å²) in [4.78, 5) is 15.7. The van der Waals surface area contributed by atoms with Gasteiger partial charge in [0.2, 0.25) is 6.29 Å². The Labute approximate surface area is 94.3 Å². The minimum absolute atomic E-state index is 0.317. The molecule has 0 N–H and O–H groups in total. The van der Waals surface area contributed by atoms with E-state index in [1.807, 2.05) is 0 Å². The van der Waals surface area contributed by atoms with Crippen molar-refractivity contribution in [1.29, 1.82) is 0 Å². The molecule has 0 atom stereocenters. The van der Waals surface area contributed by atoms with Gasteiger partial charge < -0.3 is 14.2 Å². The second-order valence-corrected chi connectivity index (χ2v) is 2.96. The van der Waals surface area contributed by atoms with Gasteiger partial charge in [0.15, 0.2) is 0 Å². The van der Waals surface area contributed by atoms with Gasteiger partial charge in [-0.1, -0.05) is 0 Å². The summed E-state index contributed by atoms with van der Waals surface area (Å²) in [7, 11) is 2.97. The zero-order valence-corrected chi connectivity index (χ0v) is 9.60. The maximum absolute atomic E-state index is 11.6. The van der Waals surface area contributed by atoms with E-state index in [4.69, 9.17) is 14.2 Å². The highest BCUT2D eigenvalue weighted by atomic mass is 16.7. The van der Waals surface area contributed by atoms with Crippen molar-refractivity contribution in [3.8, 4) is 0 Å². The van der Waals surface area contributed by atoms with Crippen molar-refractivity contribution in [2.45, 2.75) is 13.2 Å². The summed E-state index contributed by atoms with van der Waals surface area (Å²) in [6.45, 7) is 2.07. The average molecular weight is 225 g/mol. The lowest BCUT2D eigenvalue weighted by atomic mass is 10.2. The molecule has 0 aliphatic rings. The molecule has 0 amide bonds. The number of esters is 1. The fourth-order valence-electron chi connectivity index (χ4n) is 1.31. The van der Waals surface area contributed by atoms with E-state index in [-0.39, 0.29) is 0 Å². The van der Waals surface area contributed by atoms with Crippen LogP contribution in [0, 0.1) is 0 Å². The molecule has 0 aliphatic carbocycles. The molecule has 0 saturated carbocycles. The number of hydrogen-bond acceptors (Lipinski definition) is 5. The van der Waals surface area contributed by atoms with Crippen molar-refractivity contribution in [3.63, 3.8) is 0 Å². The summed E-state index contributed by atoms with van der Waals surface area (Å²) in [5.41, 5.74) is 0.781. The van der Waals surface area contributed by atoms with Gasteiger partial charge in [-0.25, -0.2) is 4.79 Å². The molecule has 5 heteroatoms. The Kier molecular flexibility index (Phi) is 4.88. The number of aromatic nitrogens is 1. The Morgan fingerprint density at radius 3 is 2.69 bits per heavy atom. The topological polar surface area (TPSA) is 57.7 Å². The molecule has 0 saturated heterocycles. The molecule has 1 aromatic rings. The van der Waals surface area contributed by atoms with Crippen LogP contribution in [0.3, 0.4) is 0 Å². The van der Waals surface area contributed by atoms with Gasteiger partial charge in [-0.05, 0) is 19.1 Å². The van der Waals surface area contributed by atoms with Crippen LogP contribution in [-0.2, 0) is 14.2 Å². The molecule has 5 nitrogen and oxygen atoms in total. The molecule has 0 aromatic carbocycles. The lowest BCUT2D eigenvalue weighted by Crippen LogP contribution is -2.14. The number of hydrogen-bond donors (Lipinski definition) is 0. The Bertz CT molecular complexity index is 350. The fraction of sp³-hybridized carbons (Fsp3) is 0.455. The van der Waals surface area contributed by atoms with E-state index in [1.54, 1.807) is 25.3 Å². The third-order valence-corrected chi connectivity index (χ3v) is 1.99. The van der Waals surface area contributed by atoms with E-state index >= 15 is 0 Å². The minimum Gasteiger partial charge on any atom is -0.462 e. The Hall–Kier alpha value is -1.46. The summed E-state index contributed by atoms with van der Waals surface area (Å²) in [5.74, 6) is -0.426. The molecule has 1 heterocycles. The first-order valence-electron chi connectivity index (χ1n) is 4.92. The fourth-order valence-corrected chi connectivity index (χ4v) is 1.31. The van der Waals surface area contributed by atoms with Gasteiger partial charge >= 0.3 is 5.97 Å². The Balaban J connectivity index is 3.03. The molecular formula is C11H15NO4. The maximum atomic E-state index is 11.6. The molecule has 1 rings (SSSR count). The smallest absolute Gasteiger partial charge is 0.340 e. The van der Waals surface area contributed by atoms with Crippen LogP contribution in [-0.4, -0.2) is 31.8 Å². The maximum Gasteiger partial charge on any atom is 0.340 e. The SMILES string of the molecule is CCOC(=O)c1cccnc1C(OC)OC. The number of rotatable bonds is 5. The Morgan fingerprint density at radius 1 is 1.44 bits per heavy atom. The molecule has 0 bridgehead atoms. The highest BCUT2D eigenvalue weighted by Gasteiger charge is 2.20. The summed E-state index contributed by atoms with van der Waals surface area (Å²) < 4.78 is 15.0. The number of ether oxygens (including phenoxy) is 3. The van der Waals surface area contributed by atoms with Crippen molar-refractivity contribution < 1.29 is 19.0 Å². The van der Waals surface area contributed by atoms with Crippen LogP contribution in [0.2, 0.25) is 0 Å². The molecule has 0 spiro atoms. The average Bonchev–Trinajstić information content (AvgIpc) is 2.31. The molecule has 0 unspecified atom stereocenters. The van der Waals surface area contributed by atoms with E-state index in [0.29, 0.717) is 17.9 Å². The van der Waals surface area contributed by atoms with Crippen molar-refractivity contribution in [3.05, 3.63) is 29.6 Å². The van der Waals surface area contributed by atoms with Crippen LogP contribution in [0.25, 0.3) is 0 Å². The van der Waals surface area contributed by atoms with E-state index in [2.05, 4.69) is 4.98 Å². The van der Waals surface area contributed by atoms with Crippen LogP contribution in [0.15, 0.2) is 18.3 Å². The first kappa shape index (κ1) is 12.6. The molecular weight excluding hydrogens is 210 g/mol. The van der Waals surface area contributed by atoms with Crippen molar-refractivity contribution in [1.82, 2.24) is 4.98 Å². The van der Waals surface area contributed by atoms with E-state index in [1.165, 1.54) is 14.2 Å². The second-order valence-electron chi connectivity index (χ2n) is 2.96.